The van der Waals surface area contributed by atoms with Crippen LogP contribution in [0.1, 0.15) is 0 Å². The molecule has 0 saturated heterocycles. The van der Waals surface area contributed by atoms with Crippen molar-refractivity contribution in [2.24, 2.45) is 5.73 Å². The maximum absolute atomic E-state index is 10.6. The number of hydrogen-bond donors (Lipinski definition) is 1. The van der Waals surface area contributed by atoms with Gasteiger partial charge in [0.05, 0.1) is 7.11 Å². The van der Waals surface area contributed by atoms with Crippen molar-refractivity contribution in [3.05, 3.63) is 0 Å². The van der Waals surface area contributed by atoms with Crippen molar-refractivity contribution in [2.45, 2.75) is 6.04 Å². The molecule has 0 radical (unpaired) electrons. The number of carbonyl (C=O) groups excluding carboxylic acids is 1. The highest BCUT2D eigenvalue weighted by Gasteiger charge is 2.12. The molecule has 0 bridgehead atoms. The Morgan fingerprint density at radius 2 is 2.40 bits per heavy atom. The largest absolute Gasteiger partial charge is 0.468 e. The molecule has 0 aliphatic carbocycles. The Bertz CT molecular complexity index is 110. The predicted octanol–water partition coefficient (Wildman–Crippen LogP) is 0.498. The van der Waals surface area contributed by atoms with E-state index in [-0.39, 0.29) is 5.97 Å². The molecule has 2 N–H and O–H groups in total. The van der Waals surface area contributed by atoms with Gasteiger partial charge in [0.25, 0.3) is 0 Å². The summed E-state index contributed by atoms with van der Waals surface area (Å²) in [5.41, 5.74) is 5.41. The van der Waals surface area contributed by atoms with Crippen molar-refractivity contribution < 1.29 is 9.53 Å². The number of nitrogens with two attached hydrogens (primary N) is 1. The summed E-state index contributed by atoms with van der Waals surface area (Å²) in [4.78, 5) is 10.6. The molecule has 3 nitrogen and oxygen atoms in total. The third-order valence-electron chi connectivity index (χ3n) is 0.869. The zero-order chi connectivity index (χ0) is 7.98. The highest BCUT2D eigenvalue weighted by Crippen LogP contribution is 2.16. The average molecular weight is 181 g/mol. The Balaban J connectivity index is 3.41. The van der Waals surface area contributed by atoms with E-state index < -0.39 is 6.04 Å². The second-order valence-corrected chi connectivity index (χ2v) is 4.19. The van der Waals surface area contributed by atoms with Gasteiger partial charge in [-0.1, -0.05) is 21.6 Å². The molecule has 0 spiro atoms. The summed E-state index contributed by atoms with van der Waals surface area (Å²) in [7, 11) is 4.48. The van der Waals surface area contributed by atoms with E-state index in [9.17, 15) is 4.79 Å². The summed E-state index contributed by atoms with van der Waals surface area (Å²) in [6.45, 7) is 0. The van der Waals surface area contributed by atoms with Crippen LogP contribution < -0.4 is 5.73 Å². The fourth-order valence-electron chi connectivity index (χ4n) is 0.361. The molecule has 5 heteroatoms. The van der Waals surface area contributed by atoms with Crippen molar-refractivity contribution in [3.63, 3.8) is 0 Å². The first kappa shape index (κ1) is 10.1. The van der Waals surface area contributed by atoms with Gasteiger partial charge in [0, 0.05) is 5.75 Å². The maximum atomic E-state index is 10.6. The summed E-state index contributed by atoms with van der Waals surface area (Å²) in [6.07, 6.45) is 1.94. The zero-order valence-electron chi connectivity index (χ0n) is 5.99. The van der Waals surface area contributed by atoms with Gasteiger partial charge in [-0.25, -0.2) is 0 Å². The fourth-order valence-corrected chi connectivity index (χ4v) is 1.63. The molecule has 0 heterocycles. The standard InChI is InChI=1S/C5H11NO2S2/c1-8-5(7)4(6)3-10-9-2/h4H,3,6H2,1-2H3. The van der Waals surface area contributed by atoms with Crippen LogP contribution in [0.2, 0.25) is 0 Å². The number of hydrogen-bond acceptors (Lipinski definition) is 5. The van der Waals surface area contributed by atoms with Gasteiger partial charge in [0.1, 0.15) is 6.04 Å². The molecule has 0 aromatic rings. The van der Waals surface area contributed by atoms with Crippen LogP contribution in [0.3, 0.4) is 0 Å². The summed E-state index contributed by atoms with van der Waals surface area (Å²) in [5.74, 6) is 0.259. The number of rotatable bonds is 4. The van der Waals surface area contributed by atoms with Crippen molar-refractivity contribution in [1.29, 1.82) is 0 Å². The minimum Gasteiger partial charge on any atom is -0.468 e. The molecule has 0 fully saturated rings. The van der Waals surface area contributed by atoms with Crippen LogP contribution in [0, 0.1) is 0 Å². The molecule has 0 saturated carbocycles. The van der Waals surface area contributed by atoms with Gasteiger partial charge in [-0.2, -0.15) is 0 Å². The molecule has 60 valence electrons. The summed E-state index contributed by atoms with van der Waals surface area (Å²) in [6, 6.07) is -0.484. The molecule has 0 aromatic carbocycles. The Morgan fingerprint density at radius 1 is 1.80 bits per heavy atom. The maximum Gasteiger partial charge on any atom is 0.323 e. The second kappa shape index (κ2) is 5.88. The van der Waals surface area contributed by atoms with E-state index in [4.69, 9.17) is 5.73 Å². The predicted molar refractivity (Wildman–Crippen MR) is 46.0 cm³/mol. The smallest absolute Gasteiger partial charge is 0.323 e. The molecular formula is C5H11NO2S2. The Kier molecular flexibility index (Phi) is 5.96. The lowest BCUT2D eigenvalue weighted by Crippen LogP contribution is -2.33. The number of ether oxygens (including phenoxy) is 1. The number of carbonyl (C=O) groups is 1. The van der Waals surface area contributed by atoms with E-state index in [1.54, 1.807) is 21.6 Å². The molecule has 0 aromatic heterocycles. The van der Waals surface area contributed by atoms with Crippen molar-refractivity contribution in [3.8, 4) is 0 Å². The van der Waals surface area contributed by atoms with Crippen LogP contribution in [0.15, 0.2) is 0 Å². The Morgan fingerprint density at radius 3 is 2.80 bits per heavy atom. The number of methoxy groups -OCH3 is 1. The van der Waals surface area contributed by atoms with Gasteiger partial charge >= 0.3 is 5.97 Å². The van der Waals surface area contributed by atoms with Gasteiger partial charge in [-0.15, -0.1) is 0 Å². The summed E-state index contributed by atoms with van der Waals surface area (Å²) >= 11 is 0. The first-order chi connectivity index (χ1) is 4.72. The van der Waals surface area contributed by atoms with E-state index in [1.165, 1.54) is 7.11 Å². The van der Waals surface area contributed by atoms with E-state index in [2.05, 4.69) is 4.74 Å². The molecule has 0 rings (SSSR count). The van der Waals surface area contributed by atoms with Crippen molar-refractivity contribution in [2.75, 3.05) is 19.1 Å². The summed E-state index contributed by atoms with van der Waals surface area (Å²) < 4.78 is 4.42. The molecule has 1 atom stereocenters. The SMILES string of the molecule is COC(=O)C(N)CSSC. The first-order valence-electron chi connectivity index (χ1n) is 2.71. The van der Waals surface area contributed by atoms with E-state index in [0.29, 0.717) is 5.75 Å². The fraction of sp³-hybridized carbons (Fsp3) is 0.800. The minimum absolute atomic E-state index is 0.346. The second-order valence-electron chi connectivity index (χ2n) is 1.58. The van der Waals surface area contributed by atoms with E-state index in [1.807, 2.05) is 6.26 Å². The minimum atomic E-state index is -0.484. The quantitative estimate of drug-likeness (QED) is 0.505. The van der Waals surface area contributed by atoms with Crippen LogP contribution in [0.5, 0.6) is 0 Å². The molecular weight excluding hydrogens is 170 g/mol. The van der Waals surface area contributed by atoms with Crippen molar-refractivity contribution >= 4 is 27.6 Å². The Hall–Kier alpha value is 0.130. The highest BCUT2D eigenvalue weighted by molar-refractivity contribution is 8.76. The lowest BCUT2D eigenvalue weighted by molar-refractivity contribution is -0.141. The van der Waals surface area contributed by atoms with Crippen LogP contribution in [-0.4, -0.2) is 31.1 Å². The molecule has 1 unspecified atom stereocenters. The number of esters is 1. The normalized spacial score (nSPS) is 12.7. The van der Waals surface area contributed by atoms with Crippen LogP contribution in [0.4, 0.5) is 0 Å². The van der Waals surface area contributed by atoms with E-state index >= 15 is 0 Å². The van der Waals surface area contributed by atoms with Crippen LogP contribution in [-0.2, 0) is 9.53 Å². The van der Waals surface area contributed by atoms with Crippen LogP contribution >= 0.6 is 21.6 Å². The molecule has 0 amide bonds. The first-order valence-corrected chi connectivity index (χ1v) is 5.44. The monoisotopic (exact) mass is 181 g/mol. The average Bonchev–Trinajstić information content (AvgIpc) is 1.98. The van der Waals surface area contributed by atoms with Crippen LogP contribution in [0.25, 0.3) is 0 Å². The zero-order valence-corrected chi connectivity index (χ0v) is 7.63. The van der Waals surface area contributed by atoms with Gasteiger partial charge in [-0.05, 0) is 6.26 Å². The molecule has 0 aliphatic heterocycles. The van der Waals surface area contributed by atoms with Gasteiger partial charge < -0.3 is 10.5 Å². The lowest BCUT2D eigenvalue weighted by atomic mass is 10.4. The molecule has 10 heavy (non-hydrogen) atoms. The summed E-state index contributed by atoms with van der Waals surface area (Å²) in [5, 5.41) is 0. The van der Waals surface area contributed by atoms with Gasteiger partial charge in [0.15, 0.2) is 0 Å². The topological polar surface area (TPSA) is 52.3 Å². The van der Waals surface area contributed by atoms with E-state index in [0.717, 1.165) is 0 Å². The third kappa shape index (κ3) is 4.03. The Labute approximate surface area is 68.5 Å². The lowest BCUT2D eigenvalue weighted by Gasteiger charge is -2.05. The van der Waals surface area contributed by atoms with Gasteiger partial charge in [0.2, 0.25) is 0 Å². The molecule has 0 aliphatic rings. The third-order valence-corrected chi connectivity index (χ3v) is 2.72. The highest BCUT2D eigenvalue weighted by atomic mass is 33.1. The van der Waals surface area contributed by atoms with Crippen molar-refractivity contribution in [1.82, 2.24) is 0 Å². The van der Waals surface area contributed by atoms with Gasteiger partial charge in [-0.3, -0.25) is 4.79 Å².